The minimum Gasteiger partial charge on any atom is -0.484 e. The maximum Gasteiger partial charge on any atom is 0.258 e. The fraction of sp³-hybridized carbons (Fsp3) is 0.391. The van der Waals surface area contributed by atoms with E-state index in [1.807, 2.05) is 24.3 Å². The Kier molecular flexibility index (Phi) is 6.02. The lowest BCUT2D eigenvalue weighted by Crippen LogP contribution is -2.39. The molecule has 2 N–H and O–H groups in total. The predicted octanol–water partition coefficient (Wildman–Crippen LogP) is 3.42. The third-order valence-corrected chi connectivity index (χ3v) is 4.70. The van der Waals surface area contributed by atoms with Gasteiger partial charge in [-0.2, -0.15) is 0 Å². The van der Waals surface area contributed by atoms with Crippen molar-refractivity contribution in [1.82, 2.24) is 10.6 Å². The maximum absolute atomic E-state index is 11.8. The Bertz CT molecular complexity index is 816. The normalized spacial score (nSPS) is 13.7. The molecular formula is C23H28N2O3. The van der Waals surface area contributed by atoms with Crippen LogP contribution in [0.15, 0.2) is 48.5 Å². The molecule has 2 aromatic rings. The van der Waals surface area contributed by atoms with E-state index >= 15 is 0 Å². The first kappa shape index (κ1) is 19.9. The van der Waals surface area contributed by atoms with Gasteiger partial charge in [-0.15, -0.1) is 0 Å². The molecule has 0 saturated heterocycles. The highest BCUT2D eigenvalue weighted by Gasteiger charge is 2.23. The van der Waals surface area contributed by atoms with Gasteiger partial charge in [0, 0.05) is 6.04 Å². The highest BCUT2D eigenvalue weighted by molar-refractivity contribution is 5.85. The van der Waals surface area contributed by atoms with Crippen LogP contribution in [-0.2, 0) is 15.0 Å². The average Bonchev–Trinajstić information content (AvgIpc) is 3.48. The summed E-state index contributed by atoms with van der Waals surface area (Å²) in [4.78, 5) is 23.4. The van der Waals surface area contributed by atoms with E-state index in [-0.39, 0.29) is 30.4 Å². The van der Waals surface area contributed by atoms with Crippen LogP contribution in [0.1, 0.15) is 39.2 Å². The zero-order valence-electron chi connectivity index (χ0n) is 16.7. The second-order valence-electron chi connectivity index (χ2n) is 8.26. The first-order chi connectivity index (χ1) is 13.3. The van der Waals surface area contributed by atoms with E-state index in [4.69, 9.17) is 4.74 Å². The quantitative estimate of drug-likeness (QED) is 0.773. The van der Waals surface area contributed by atoms with E-state index in [1.165, 1.54) is 5.56 Å². The fourth-order valence-corrected chi connectivity index (χ4v) is 2.79. The van der Waals surface area contributed by atoms with Gasteiger partial charge >= 0.3 is 0 Å². The van der Waals surface area contributed by atoms with E-state index < -0.39 is 0 Å². The summed E-state index contributed by atoms with van der Waals surface area (Å²) in [6.07, 6.45) is 2.05. The minimum absolute atomic E-state index is 0.0117. The van der Waals surface area contributed by atoms with Crippen LogP contribution in [0.3, 0.4) is 0 Å². The molecular weight excluding hydrogens is 352 g/mol. The zero-order valence-corrected chi connectivity index (χ0v) is 16.7. The number of ether oxygens (including phenoxy) is 1. The number of carbonyl (C=O) groups excluding carboxylic acids is 2. The Morgan fingerprint density at radius 2 is 1.50 bits per heavy atom. The summed E-state index contributed by atoms with van der Waals surface area (Å²) < 4.78 is 5.50. The van der Waals surface area contributed by atoms with Gasteiger partial charge < -0.3 is 15.4 Å². The van der Waals surface area contributed by atoms with Crippen molar-refractivity contribution in [3.8, 4) is 16.9 Å². The lowest BCUT2D eigenvalue weighted by atomic mass is 9.86. The molecule has 1 aliphatic rings. The molecule has 1 saturated carbocycles. The van der Waals surface area contributed by atoms with Gasteiger partial charge in [-0.25, -0.2) is 0 Å². The van der Waals surface area contributed by atoms with Crippen molar-refractivity contribution in [2.75, 3.05) is 13.2 Å². The molecule has 1 fully saturated rings. The molecule has 0 radical (unpaired) electrons. The van der Waals surface area contributed by atoms with Crippen LogP contribution in [0.5, 0.6) is 5.75 Å². The van der Waals surface area contributed by atoms with Gasteiger partial charge in [0.25, 0.3) is 5.91 Å². The monoisotopic (exact) mass is 380 g/mol. The average molecular weight is 380 g/mol. The van der Waals surface area contributed by atoms with Crippen molar-refractivity contribution < 1.29 is 14.3 Å². The number of benzene rings is 2. The van der Waals surface area contributed by atoms with Crippen LogP contribution in [0.2, 0.25) is 0 Å². The third-order valence-electron chi connectivity index (χ3n) is 4.70. The lowest BCUT2D eigenvalue weighted by Gasteiger charge is -2.19. The fourth-order valence-electron chi connectivity index (χ4n) is 2.79. The molecule has 0 heterocycles. The van der Waals surface area contributed by atoms with E-state index in [0.717, 1.165) is 24.0 Å². The van der Waals surface area contributed by atoms with Crippen molar-refractivity contribution in [3.05, 3.63) is 54.1 Å². The van der Waals surface area contributed by atoms with Crippen molar-refractivity contribution in [1.29, 1.82) is 0 Å². The largest absolute Gasteiger partial charge is 0.484 e. The highest BCUT2D eigenvalue weighted by atomic mass is 16.5. The minimum atomic E-state index is -0.312. The molecule has 0 atom stereocenters. The Labute approximate surface area is 166 Å². The Balaban J connectivity index is 1.47. The number of nitrogens with one attached hydrogen (secondary N) is 2. The van der Waals surface area contributed by atoms with Gasteiger partial charge in [-0.05, 0) is 47.1 Å². The molecule has 5 nitrogen and oxygen atoms in total. The van der Waals surface area contributed by atoms with Crippen LogP contribution in [0, 0.1) is 0 Å². The van der Waals surface area contributed by atoms with Gasteiger partial charge in [-0.1, -0.05) is 57.2 Å². The van der Waals surface area contributed by atoms with Crippen LogP contribution < -0.4 is 15.4 Å². The zero-order chi connectivity index (χ0) is 20.1. The summed E-state index contributed by atoms with van der Waals surface area (Å²) in [5, 5.41) is 5.39. The second kappa shape index (κ2) is 8.46. The first-order valence-corrected chi connectivity index (χ1v) is 9.71. The van der Waals surface area contributed by atoms with Gasteiger partial charge in [0.05, 0.1) is 6.54 Å². The van der Waals surface area contributed by atoms with Crippen molar-refractivity contribution in [3.63, 3.8) is 0 Å². The maximum atomic E-state index is 11.8. The Hall–Kier alpha value is -2.82. The Morgan fingerprint density at radius 1 is 0.929 bits per heavy atom. The molecule has 1 aliphatic carbocycles. The first-order valence-electron chi connectivity index (χ1n) is 9.71. The molecule has 0 aliphatic heterocycles. The lowest BCUT2D eigenvalue weighted by molar-refractivity contribution is -0.127. The van der Waals surface area contributed by atoms with Crippen molar-refractivity contribution in [2.45, 2.75) is 45.1 Å². The molecule has 148 valence electrons. The van der Waals surface area contributed by atoms with Gasteiger partial charge in [0.15, 0.2) is 6.61 Å². The molecule has 5 heteroatoms. The molecule has 0 aromatic heterocycles. The Morgan fingerprint density at radius 3 is 2.04 bits per heavy atom. The molecule has 0 spiro atoms. The standard InChI is InChI=1S/C23H28N2O3/c1-23(2,3)18-8-4-16(5-9-18)17-6-12-20(13-7-17)28-15-22(27)24-14-21(26)25-19-10-11-19/h4-9,12-13,19H,10-11,14-15H2,1-3H3,(H,24,27)(H,25,26). The molecule has 28 heavy (non-hydrogen) atoms. The number of rotatable bonds is 7. The molecule has 3 rings (SSSR count). The summed E-state index contributed by atoms with van der Waals surface area (Å²) in [6.45, 7) is 6.47. The van der Waals surface area contributed by atoms with E-state index in [9.17, 15) is 9.59 Å². The number of carbonyl (C=O) groups is 2. The predicted molar refractivity (Wildman–Crippen MR) is 110 cm³/mol. The van der Waals surface area contributed by atoms with Crippen molar-refractivity contribution in [2.24, 2.45) is 0 Å². The van der Waals surface area contributed by atoms with Crippen LogP contribution >= 0.6 is 0 Å². The smallest absolute Gasteiger partial charge is 0.258 e. The summed E-state index contributed by atoms with van der Waals surface area (Å²) in [6, 6.07) is 16.5. The van der Waals surface area contributed by atoms with E-state index in [1.54, 1.807) is 0 Å². The van der Waals surface area contributed by atoms with Gasteiger partial charge in [-0.3, -0.25) is 9.59 Å². The second-order valence-corrected chi connectivity index (χ2v) is 8.26. The third kappa shape index (κ3) is 5.84. The molecule has 2 amide bonds. The number of hydrogen-bond acceptors (Lipinski definition) is 3. The highest BCUT2D eigenvalue weighted by Crippen LogP contribution is 2.27. The van der Waals surface area contributed by atoms with Gasteiger partial charge in [0.1, 0.15) is 5.75 Å². The van der Waals surface area contributed by atoms with E-state index in [0.29, 0.717) is 11.8 Å². The summed E-state index contributed by atoms with van der Waals surface area (Å²) in [7, 11) is 0. The molecule has 2 aromatic carbocycles. The molecule has 0 unspecified atom stereocenters. The summed E-state index contributed by atoms with van der Waals surface area (Å²) >= 11 is 0. The van der Waals surface area contributed by atoms with Crippen LogP contribution in [0.4, 0.5) is 0 Å². The number of amides is 2. The van der Waals surface area contributed by atoms with Crippen LogP contribution in [0.25, 0.3) is 11.1 Å². The van der Waals surface area contributed by atoms with E-state index in [2.05, 4.69) is 55.7 Å². The topological polar surface area (TPSA) is 67.4 Å². The molecule has 0 bridgehead atoms. The van der Waals surface area contributed by atoms with Crippen molar-refractivity contribution >= 4 is 11.8 Å². The number of hydrogen-bond donors (Lipinski definition) is 2. The summed E-state index contributed by atoms with van der Waals surface area (Å²) in [5.41, 5.74) is 3.66. The van der Waals surface area contributed by atoms with Gasteiger partial charge in [0.2, 0.25) is 5.91 Å². The van der Waals surface area contributed by atoms with Crippen LogP contribution in [-0.4, -0.2) is 31.0 Å². The summed E-state index contributed by atoms with van der Waals surface area (Å²) in [5.74, 6) is 0.151. The SMILES string of the molecule is CC(C)(C)c1ccc(-c2ccc(OCC(=O)NCC(=O)NC3CC3)cc2)cc1.